The highest BCUT2D eigenvalue weighted by molar-refractivity contribution is 8.01. The molecule has 0 unspecified atom stereocenters. The van der Waals surface area contributed by atoms with E-state index in [9.17, 15) is 14.4 Å². The van der Waals surface area contributed by atoms with Gasteiger partial charge in [0, 0.05) is 18.2 Å². The molecule has 1 N–H and O–H groups in total. The number of benzene rings is 1. The molecular weight excluding hydrogens is 372 g/mol. The van der Waals surface area contributed by atoms with E-state index in [1.807, 2.05) is 6.92 Å². The second-order valence-corrected chi connectivity index (χ2v) is 7.99. The quantitative estimate of drug-likeness (QED) is 0.733. The Morgan fingerprint density at radius 1 is 1.33 bits per heavy atom. The zero-order valence-electron chi connectivity index (χ0n) is 15.4. The Morgan fingerprint density at radius 3 is 2.81 bits per heavy atom. The summed E-state index contributed by atoms with van der Waals surface area (Å²) >= 11 is 1.57. The lowest BCUT2D eigenvalue weighted by molar-refractivity contribution is -0.155. The summed E-state index contributed by atoms with van der Waals surface area (Å²) in [5.74, 6) is 0.381. The predicted octanol–water partition coefficient (Wildman–Crippen LogP) is 1.64. The van der Waals surface area contributed by atoms with Gasteiger partial charge in [-0.05, 0) is 25.5 Å². The van der Waals surface area contributed by atoms with E-state index >= 15 is 0 Å². The lowest BCUT2D eigenvalue weighted by atomic mass is 10.2. The molecule has 27 heavy (non-hydrogen) atoms. The summed E-state index contributed by atoms with van der Waals surface area (Å²) in [5, 5.41) is 2.64. The average Bonchev–Trinajstić information content (AvgIpc) is 3.15. The van der Waals surface area contributed by atoms with Crippen molar-refractivity contribution in [3.05, 3.63) is 18.2 Å². The fourth-order valence-electron chi connectivity index (χ4n) is 3.33. The Labute approximate surface area is 161 Å². The minimum Gasteiger partial charge on any atom is -0.497 e. The van der Waals surface area contributed by atoms with Crippen molar-refractivity contribution in [2.75, 3.05) is 31.9 Å². The van der Waals surface area contributed by atoms with Crippen LogP contribution in [0.15, 0.2) is 18.2 Å². The van der Waals surface area contributed by atoms with E-state index in [2.05, 4.69) is 5.32 Å². The number of hydrogen-bond donors (Lipinski definition) is 1. The highest BCUT2D eigenvalue weighted by Gasteiger charge is 2.53. The molecule has 0 spiro atoms. The van der Waals surface area contributed by atoms with Crippen LogP contribution in [0.4, 0.5) is 5.69 Å². The first-order chi connectivity index (χ1) is 12.9. The summed E-state index contributed by atoms with van der Waals surface area (Å²) in [7, 11) is 3.00. The number of esters is 1. The molecule has 2 atom stereocenters. The van der Waals surface area contributed by atoms with Crippen molar-refractivity contribution in [2.45, 2.75) is 30.7 Å². The molecule has 0 bridgehead atoms. The van der Waals surface area contributed by atoms with Crippen molar-refractivity contribution < 1.29 is 28.6 Å². The molecule has 2 saturated heterocycles. The molecule has 9 heteroatoms. The molecule has 8 nitrogen and oxygen atoms in total. The summed E-state index contributed by atoms with van der Waals surface area (Å²) in [6, 6.07) is 4.33. The zero-order valence-corrected chi connectivity index (χ0v) is 16.3. The average molecular weight is 394 g/mol. The van der Waals surface area contributed by atoms with Gasteiger partial charge in [-0.3, -0.25) is 9.59 Å². The van der Waals surface area contributed by atoms with Crippen LogP contribution < -0.4 is 14.8 Å². The maximum absolute atomic E-state index is 12.4. The second-order valence-electron chi connectivity index (χ2n) is 6.49. The van der Waals surface area contributed by atoms with Crippen molar-refractivity contribution in [3.63, 3.8) is 0 Å². The van der Waals surface area contributed by atoms with E-state index in [4.69, 9.17) is 14.2 Å². The number of carbonyl (C=O) groups is 3. The third kappa shape index (κ3) is 3.83. The van der Waals surface area contributed by atoms with E-state index in [0.717, 1.165) is 6.42 Å². The van der Waals surface area contributed by atoms with Crippen molar-refractivity contribution >= 4 is 35.2 Å². The van der Waals surface area contributed by atoms with Gasteiger partial charge < -0.3 is 24.4 Å². The van der Waals surface area contributed by atoms with Gasteiger partial charge in [0.05, 0.1) is 24.8 Å². The molecule has 0 aromatic heterocycles. The molecule has 1 aromatic carbocycles. The van der Waals surface area contributed by atoms with E-state index in [-0.39, 0.29) is 10.8 Å². The van der Waals surface area contributed by atoms with Crippen molar-refractivity contribution in [1.82, 2.24) is 4.90 Å². The Kier molecular flexibility index (Phi) is 5.50. The van der Waals surface area contributed by atoms with Crippen molar-refractivity contribution in [1.29, 1.82) is 0 Å². The molecule has 1 aromatic rings. The van der Waals surface area contributed by atoms with E-state index in [1.54, 1.807) is 34.9 Å². The van der Waals surface area contributed by atoms with Gasteiger partial charge in [0.15, 0.2) is 6.61 Å². The number of amides is 2. The van der Waals surface area contributed by atoms with Gasteiger partial charge in [0.2, 0.25) is 5.91 Å². The molecular formula is C18H22N2O6S. The van der Waals surface area contributed by atoms with Gasteiger partial charge in [-0.25, -0.2) is 4.79 Å². The van der Waals surface area contributed by atoms with E-state index < -0.39 is 24.5 Å². The minimum absolute atomic E-state index is 0.0463. The Hall–Kier alpha value is -2.42. The number of rotatable bonds is 6. The maximum atomic E-state index is 12.4. The van der Waals surface area contributed by atoms with Crippen LogP contribution in [0, 0.1) is 0 Å². The second kappa shape index (κ2) is 7.67. The number of ether oxygens (including phenoxy) is 3. The molecule has 0 aliphatic carbocycles. The van der Waals surface area contributed by atoms with Gasteiger partial charge in [0.1, 0.15) is 17.5 Å². The van der Waals surface area contributed by atoms with Crippen LogP contribution in [0.5, 0.6) is 11.5 Å². The topological polar surface area (TPSA) is 94.2 Å². The number of thioether (sulfide) groups is 1. The monoisotopic (exact) mass is 394 g/mol. The molecule has 146 valence electrons. The van der Waals surface area contributed by atoms with Crippen LogP contribution in [-0.2, 0) is 19.1 Å². The van der Waals surface area contributed by atoms with Crippen LogP contribution in [0.1, 0.15) is 19.8 Å². The standard InChI is InChI=1S/C18H22N2O6S/c1-18-7-6-16(22)20(18)13(10-27-18)17(23)26-9-15(21)19-12-8-11(24-2)4-5-14(12)25-3/h4-5,8,13H,6-7,9-10H2,1-3H3,(H,19,21)/t13-,18+/m0/s1. The first kappa shape index (κ1) is 19.3. The fourth-order valence-corrected chi connectivity index (χ4v) is 4.74. The lowest BCUT2D eigenvalue weighted by Crippen LogP contribution is -2.47. The third-order valence-corrected chi connectivity index (χ3v) is 6.25. The molecule has 0 saturated carbocycles. The number of methoxy groups -OCH3 is 2. The van der Waals surface area contributed by atoms with Gasteiger partial charge in [0.25, 0.3) is 5.91 Å². The predicted molar refractivity (Wildman–Crippen MR) is 99.9 cm³/mol. The Bertz CT molecular complexity index is 770. The summed E-state index contributed by atoms with van der Waals surface area (Å²) in [5.41, 5.74) is 0.414. The molecule has 2 fully saturated rings. The van der Waals surface area contributed by atoms with Crippen molar-refractivity contribution in [3.8, 4) is 11.5 Å². The Balaban J connectivity index is 1.58. The molecule has 3 rings (SSSR count). The van der Waals surface area contributed by atoms with E-state index in [1.165, 1.54) is 14.2 Å². The molecule has 2 heterocycles. The first-order valence-electron chi connectivity index (χ1n) is 8.52. The fraction of sp³-hybridized carbons (Fsp3) is 0.500. The van der Waals surface area contributed by atoms with Gasteiger partial charge >= 0.3 is 5.97 Å². The zero-order chi connectivity index (χ0) is 19.6. The van der Waals surface area contributed by atoms with Crippen LogP contribution >= 0.6 is 11.8 Å². The number of anilines is 1. The summed E-state index contributed by atoms with van der Waals surface area (Å²) in [4.78, 5) is 37.9. The van der Waals surface area contributed by atoms with Crippen LogP contribution in [-0.4, -0.2) is 60.2 Å². The smallest absolute Gasteiger partial charge is 0.330 e. The van der Waals surface area contributed by atoms with Crippen LogP contribution in [0.2, 0.25) is 0 Å². The van der Waals surface area contributed by atoms with Crippen molar-refractivity contribution in [2.24, 2.45) is 0 Å². The molecule has 2 aliphatic rings. The summed E-state index contributed by atoms with van der Waals surface area (Å²) in [6.07, 6.45) is 1.15. The molecule has 2 aliphatic heterocycles. The number of hydrogen-bond acceptors (Lipinski definition) is 7. The van der Waals surface area contributed by atoms with Gasteiger partial charge in [-0.15, -0.1) is 11.8 Å². The highest BCUT2D eigenvalue weighted by atomic mass is 32.2. The minimum atomic E-state index is -0.644. The SMILES string of the molecule is COc1ccc(OC)c(NC(=O)COC(=O)[C@@H]2CS[C@]3(C)CCC(=O)N23)c1. The first-order valence-corrected chi connectivity index (χ1v) is 9.51. The Morgan fingerprint density at radius 2 is 2.11 bits per heavy atom. The van der Waals surface area contributed by atoms with Gasteiger partial charge in [-0.1, -0.05) is 0 Å². The highest BCUT2D eigenvalue weighted by Crippen LogP contribution is 2.47. The lowest BCUT2D eigenvalue weighted by Gasteiger charge is -2.29. The number of carbonyl (C=O) groups excluding carboxylic acids is 3. The van der Waals surface area contributed by atoms with Gasteiger partial charge in [-0.2, -0.15) is 0 Å². The third-order valence-electron chi connectivity index (χ3n) is 4.74. The van der Waals surface area contributed by atoms with Crippen LogP contribution in [0.25, 0.3) is 0 Å². The summed E-state index contributed by atoms with van der Waals surface area (Å²) < 4.78 is 15.5. The normalized spacial score (nSPS) is 23.7. The molecule has 0 radical (unpaired) electrons. The number of nitrogens with zero attached hydrogens (tertiary/aromatic N) is 1. The number of nitrogens with one attached hydrogen (secondary N) is 1. The maximum Gasteiger partial charge on any atom is 0.330 e. The van der Waals surface area contributed by atoms with E-state index in [0.29, 0.717) is 29.4 Å². The largest absolute Gasteiger partial charge is 0.497 e. The summed E-state index contributed by atoms with van der Waals surface area (Å²) in [6.45, 7) is 1.51. The number of fused-ring (bicyclic) bond motifs is 1. The molecule has 2 amide bonds. The van der Waals surface area contributed by atoms with Crippen LogP contribution in [0.3, 0.4) is 0 Å².